The zero-order chi connectivity index (χ0) is 13.9. The number of nitrogens with zero attached hydrogens (tertiary/aromatic N) is 2. The van der Waals surface area contributed by atoms with Crippen molar-refractivity contribution in [2.45, 2.75) is 0 Å². The molecule has 0 bridgehead atoms. The molecule has 2 aromatic carbocycles. The van der Waals surface area contributed by atoms with Crippen LogP contribution in [0.1, 0.15) is 0 Å². The van der Waals surface area contributed by atoms with Crippen LogP contribution in [0.3, 0.4) is 0 Å². The average molecular weight is 347 g/mol. The van der Waals surface area contributed by atoms with Gasteiger partial charge in [0.05, 0.1) is 7.11 Å². The van der Waals surface area contributed by atoms with Gasteiger partial charge >= 0.3 is 0 Å². The second-order valence-electron chi connectivity index (χ2n) is 4.15. The summed E-state index contributed by atoms with van der Waals surface area (Å²) >= 11 is 5.01. The van der Waals surface area contributed by atoms with E-state index < -0.39 is 0 Å². The van der Waals surface area contributed by atoms with Crippen molar-refractivity contribution in [2.75, 3.05) is 7.11 Å². The molecule has 0 saturated carbocycles. The molecule has 3 nitrogen and oxygen atoms in total. The first-order chi connectivity index (χ1) is 9.76. The lowest BCUT2D eigenvalue weighted by molar-refractivity contribution is 0.415. The fraction of sp³-hybridized carbons (Fsp3) is 0.0667. The molecule has 0 radical (unpaired) electrons. The van der Waals surface area contributed by atoms with Gasteiger partial charge in [0.15, 0.2) is 0 Å². The Balaban J connectivity index is 1.91. The van der Waals surface area contributed by atoms with Crippen molar-refractivity contribution in [2.24, 2.45) is 0 Å². The van der Waals surface area contributed by atoms with E-state index in [9.17, 15) is 0 Å². The summed E-state index contributed by atoms with van der Waals surface area (Å²) in [5, 5.41) is 10.3. The molecule has 0 amide bonds. The molecule has 0 atom stereocenters. The van der Waals surface area contributed by atoms with Gasteiger partial charge in [-0.3, -0.25) is 0 Å². The molecule has 3 aromatic rings. The zero-order valence-corrected chi connectivity index (χ0v) is 13.1. The molecule has 0 spiro atoms. The van der Waals surface area contributed by atoms with Gasteiger partial charge in [0.25, 0.3) is 0 Å². The van der Waals surface area contributed by atoms with Crippen LogP contribution in [0.2, 0.25) is 0 Å². The molecule has 100 valence electrons. The van der Waals surface area contributed by atoms with Gasteiger partial charge in [-0.2, -0.15) is 0 Å². The van der Waals surface area contributed by atoms with E-state index in [2.05, 4.69) is 26.1 Å². The molecular formula is C15H11BrN2OS. The molecular weight excluding hydrogens is 336 g/mol. The first kappa shape index (κ1) is 13.3. The van der Waals surface area contributed by atoms with Crippen LogP contribution in [-0.2, 0) is 0 Å². The predicted octanol–water partition coefficient (Wildman–Crippen LogP) is 4.64. The number of hydrogen-bond acceptors (Lipinski definition) is 4. The second kappa shape index (κ2) is 5.73. The van der Waals surface area contributed by atoms with E-state index in [0.717, 1.165) is 31.4 Å². The smallest absolute Gasteiger partial charge is 0.148 e. The Bertz CT molecular complexity index is 707. The van der Waals surface area contributed by atoms with Crippen LogP contribution in [0.15, 0.2) is 53.0 Å². The molecule has 0 N–H and O–H groups in total. The SMILES string of the molecule is COc1ccc(-c2nnc(-c3ccc(Br)cc3)s2)cc1. The standard InChI is InChI=1S/C15H11BrN2OS/c1-19-13-8-4-11(5-9-13)15-18-17-14(20-15)10-2-6-12(16)7-3-10/h2-9H,1H3. The van der Waals surface area contributed by atoms with E-state index in [1.165, 1.54) is 0 Å². The summed E-state index contributed by atoms with van der Waals surface area (Å²) in [5.41, 5.74) is 2.12. The Kier molecular flexibility index (Phi) is 3.80. The van der Waals surface area contributed by atoms with Gasteiger partial charge in [-0.15, -0.1) is 10.2 Å². The van der Waals surface area contributed by atoms with Gasteiger partial charge in [-0.1, -0.05) is 39.4 Å². The van der Waals surface area contributed by atoms with Crippen LogP contribution in [0.25, 0.3) is 21.1 Å². The summed E-state index contributed by atoms with van der Waals surface area (Å²) in [6.45, 7) is 0. The number of halogens is 1. The highest BCUT2D eigenvalue weighted by Crippen LogP contribution is 2.31. The quantitative estimate of drug-likeness (QED) is 0.692. The Hall–Kier alpha value is -1.72. The molecule has 3 rings (SSSR count). The lowest BCUT2D eigenvalue weighted by Crippen LogP contribution is -1.82. The van der Waals surface area contributed by atoms with Gasteiger partial charge in [0.1, 0.15) is 15.8 Å². The van der Waals surface area contributed by atoms with Crippen LogP contribution in [0, 0.1) is 0 Å². The van der Waals surface area contributed by atoms with E-state index in [4.69, 9.17) is 4.74 Å². The number of hydrogen-bond donors (Lipinski definition) is 0. The molecule has 0 aliphatic heterocycles. The third-order valence-corrected chi connectivity index (χ3v) is 4.40. The van der Waals surface area contributed by atoms with Gasteiger partial charge in [0.2, 0.25) is 0 Å². The normalized spacial score (nSPS) is 10.5. The summed E-state index contributed by atoms with van der Waals surface area (Å²) in [6.07, 6.45) is 0. The third-order valence-electron chi connectivity index (χ3n) is 2.85. The minimum atomic E-state index is 0.839. The fourth-order valence-electron chi connectivity index (χ4n) is 1.78. The Morgan fingerprint density at radius 2 is 1.35 bits per heavy atom. The van der Waals surface area contributed by atoms with Gasteiger partial charge in [0, 0.05) is 15.6 Å². The van der Waals surface area contributed by atoms with E-state index in [-0.39, 0.29) is 0 Å². The highest BCUT2D eigenvalue weighted by Gasteiger charge is 2.08. The summed E-state index contributed by atoms with van der Waals surface area (Å²) < 4.78 is 6.21. The topological polar surface area (TPSA) is 35.0 Å². The molecule has 0 saturated heterocycles. The molecule has 0 aliphatic carbocycles. The predicted molar refractivity (Wildman–Crippen MR) is 85.0 cm³/mol. The monoisotopic (exact) mass is 346 g/mol. The summed E-state index contributed by atoms with van der Waals surface area (Å²) in [7, 11) is 1.66. The van der Waals surface area contributed by atoms with Gasteiger partial charge < -0.3 is 4.74 Å². The van der Waals surface area contributed by atoms with Crippen LogP contribution < -0.4 is 4.74 Å². The minimum Gasteiger partial charge on any atom is -0.497 e. The molecule has 0 aliphatic rings. The van der Waals surface area contributed by atoms with Crippen molar-refractivity contribution in [3.63, 3.8) is 0 Å². The maximum Gasteiger partial charge on any atom is 0.148 e. The third kappa shape index (κ3) is 2.73. The number of aromatic nitrogens is 2. The van der Waals surface area contributed by atoms with Gasteiger partial charge in [-0.05, 0) is 36.4 Å². The number of ether oxygens (including phenoxy) is 1. The molecule has 0 unspecified atom stereocenters. The lowest BCUT2D eigenvalue weighted by Gasteiger charge is -1.99. The summed E-state index contributed by atoms with van der Waals surface area (Å²) in [6, 6.07) is 15.9. The van der Waals surface area contributed by atoms with E-state index in [1.807, 2.05) is 48.5 Å². The first-order valence-electron chi connectivity index (χ1n) is 6.00. The lowest BCUT2D eigenvalue weighted by atomic mass is 10.2. The maximum atomic E-state index is 5.15. The minimum absolute atomic E-state index is 0.839. The van der Waals surface area contributed by atoms with Crippen molar-refractivity contribution in [3.8, 4) is 26.9 Å². The van der Waals surface area contributed by atoms with E-state index in [0.29, 0.717) is 0 Å². The summed E-state index contributed by atoms with van der Waals surface area (Å²) in [4.78, 5) is 0. The second-order valence-corrected chi connectivity index (χ2v) is 6.04. The first-order valence-corrected chi connectivity index (χ1v) is 7.61. The Morgan fingerprint density at radius 3 is 1.85 bits per heavy atom. The van der Waals surface area contributed by atoms with Crippen LogP contribution in [-0.4, -0.2) is 17.3 Å². The summed E-state index contributed by atoms with van der Waals surface area (Å²) in [5.74, 6) is 0.839. The largest absolute Gasteiger partial charge is 0.497 e. The van der Waals surface area contributed by atoms with E-state index >= 15 is 0 Å². The molecule has 0 fully saturated rings. The molecule has 1 heterocycles. The Labute approximate surface area is 129 Å². The number of methoxy groups -OCH3 is 1. The van der Waals surface area contributed by atoms with Crippen molar-refractivity contribution in [1.29, 1.82) is 0 Å². The fourth-order valence-corrected chi connectivity index (χ4v) is 2.90. The van der Waals surface area contributed by atoms with E-state index in [1.54, 1.807) is 18.4 Å². The maximum absolute atomic E-state index is 5.15. The van der Waals surface area contributed by atoms with Crippen LogP contribution in [0.5, 0.6) is 5.75 Å². The molecule has 1 aromatic heterocycles. The van der Waals surface area contributed by atoms with Crippen molar-refractivity contribution in [1.82, 2.24) is 10.2 Å². The highest BCUT2D eigenvalue weighted by atomic mass is 79.9. The molecule has 20 heavy (non-hydrogen) atoms. The zero-order valence-electron chi connectivity index (χ0n) is 10.7. The van der Waals surface area contributed by atoms with Crippen molar-refractivity contribution < 1.29 is 4.74 Å². The van der Waals surface area contributed by atoms with Crippen molar-refractivity contribution >= 4 is 27.3 Å². The molecule has 5 heteroatoms. The number of rotatable bonds is 3. The number of benzene rings is 2. The Morgan fingerprint density at radius 1 is 0.850 bits per heavy atom. The van der Waals surface area contributed by atoms with Gasteiger partial charge in [-0.25, -0.2) is 0 Å². The average Bonchev–Trinajstić information content (AvgIpc) is 2.98. The van der Waals surface area contributed by atoms with Crippen LogP contribution >= 0.6 is 27.3 Å². The highest BCUT2D eigenvalue weighted by molar-refractivity contribution is 9.10. The van der Waals surface area contributed by atoms with Crippen LogP contribution in [0.4, 0.5) is 0 Å². The van der Waals surface area contributed by atoms with Crippen molar-refractivity contribution in [3.05, 3.63) is 53.0 Å².